The average molecular weight is 537 g/mol. The molecule has 1 aliphatic rings. The van der Waals surface area contributed by atoms with E-state index in [2.05, 4.69) is 10.2 Å². The van der Waals surface area contributed by atoms with E-state index >= 15 is 0 Å². The quantitative estimate of drug-likeness (QED) is 0.374. The second kappa shape index (κ2) is 16.0. The summed E-state index contributed by atoms with van der Waals surface area (Å²) < 4.78 is 18.6. The summed E-state index contributed by atoms with van der Waals surface area (Å²) in [6.45, 7) is 1.63. The minimum Gasteiger partial charge on any atom is -1.00 e. The Balaban J connectivity index is 0.00000193. The number of para-hydroxylation sites is 3. The van der Waals surface area contributed by atoms with Crippen molar-refractivity contribution in [2.75, 3.05) is 26.7 Å². The van der Waals surface area contributed by atoms with Crippen molar-refractivity contribution in [3.05, 3.63) is 96.3 Å². The zero-order valence-electron chi connectivity index (χ0n) is 18.9. The third-order valence-electron chi connectivity index (χ3n) is 4.98. The van der Waals surface area contributed by atoms with Gasteiger partial charge in [-0.1, -0.05) is 61.1 Å². The van der Waals surface area contributed by atoms with Crippen molar-refractivity contribution in [1.29, 1.82) is 0 Å². The number of nitrogens with one attached hydrogen (secondary N) is 1. The fourth-order valence-corrected chi connectivity index (χ4v) is 3.35. The zero-order valence-corrected chi connectivity index (χ0v) is 22.0. The number of benzene rings is 3. The molecule has 1 heterocycles. The van der Waals surface area contributed by atoms with Gasteiger partial charge in [0.1, 0.15) is 23.5 Å². The molecule has 3 atom stereocenters. The molecule has 4 rings (SSSR count). The van der Waals surface area contributed by atoms with Crippen LogP contribution in [0.25, 0.3) is 5.32 Å². The van der Waals surface area contributed by atoms with Gasteiger partial charge in [-0.25, -0.2) is 0 Å². The Kier molecular flexibility index (Phi) is 14.2. The van der Waals surface area contributed by atoms with Crippen LogP contribution >= 0.6 is 0 Å². The van der Waals surface area contributed by atoms with Crippen molar-refractivity contribution >= 4 is 0 Å². The van der Waals surface area contributed by atoms with Gasteiger partial charge >= 0.3 is 21.7 Å². The van der Waals surface area contributed by atoms with Crippen LogP contribution in [-0.2, 0) is 21.7 Å². The van der Waals surface area contributed by atoms with Gasteiger partial charge < -0.3 is 44.3 Å². The molecular formula is C25H28Cl2N3O3Ti. The van der Waals surface area contributed by atoms with Crippen LogP contribution in [0.5, 0.6) is 17.2 Å². The molecule has 1 saturated heterocycles. The Bertz CT molecular complexity index is 913. The van der Waals surface area contributed by atoms with E-state index in [1.54, 1.807) is 0 Å². The number of hydrogen-bond acceptors (Lipinski definition) is 5. The van der Waals surface area contributed by atoms with Crippen molar-refractivity contribution in [1.82, 2.24) is 10.2 Å². The third-order valence-corrected chi connectivity index (χ3v) is 4.98. The van der Waals surface area contributed by atoms with Crippen molar-refractivity contribution in [2.45, 2.75) is 18.7 Å². The molecule has 1 fully saturated rings. The van der Waals surface area contributed by atoms with E-state index in [9.17, 15) is 0 Å². The molecule has 0 aliphatic carbocycles. The summed E-state index contributed by atoms with van der Waals surface area (Å²) in [7, 11) is 2.02. The number of ether oxygens (including phenoxy) is 3. The topological polar surface area (TPSA) is 57.1 Å². The molecule has 0 saturated carbocycles. The monoisotopic (exact) mass is 536 g/mol. The van der Waals surface area contributed by atoms with Gasteiger partial charge in [0.25, 0.3) is 0 Å². The van der Waals surface area contributed by atoms with E-state index in [0.29, 0.717) is 19.6 Å². The van der Waals surface area contributed by atoms with E-state index in [4.69, 9.17) is 19.5 Å². The van der Waals surface area contributed by atoms with Crippen LogP contribution in [-0.4, -0.2) is 50.3 Å². The maximum absolute atomic E-state index is 6.25. The van der Waals surface area contributed by atoms with Crippen molar-refractivity contribution in [3.63, 3.8) is 0 Å². The Hall–Kier alpha value is -1.77. The molecule has 1 N–H and O–H groups in total. The normalized spacial score (nSPS) is 20.6. The summed E-state index contributed by atoms with van der Waals surface area (Å²) in [6, 6.07) is 29.4. The molecule has 0 aromatic heterocycles. The van der Waals surface area contributed by atoms with E-state index < -0.39 is 0 Å². The molecule has 179 valence electrons. The maximum atomic E-state index is 6.25. The predicted octanol–water partition coefficient (Wildman–Crippen LogP) is -1.88. The largest absolute Gasteiger partial charge is 3.00 e. The second-order valence-electron chi connectivity index (χ2n) is 7.40. The molecule has 3 aromatic carbocycles. The van der Waals surface area contributed by atoms with Crippen LogP contribution in [0.15, 0.2) is 91.0 Å². The van der Waals surface area contributed by atoms with Crippen molar-refractivity contribution < 1.29 is 60.7 Å². The van der Waals surface area contributed by atoms with Gasteiger partial charge in [0.15, 0.2) is 6.23 Å². The molecule has 1 aliphatic heterocycles. The molecule has 3 unspecified atom stereocenters. The second-order valence-corrected chi connectivity index (χ2v) is 7.40. The molecular weight excluding hydrogens is 509 g/mol. The first-order valence-electron chi connectivity index (χ1n) is 10.5. The molecule has 34 heavy (non-hydrogen) atoms. The van der Waals surface area contributed by atoms with Crippen LogP contribution in [0, 0.1) is 0 Å². The Morgan fingerprint density at radius 3 is 1.74 bits per heavy atom. The zero-order chi connectivity index (χ0) is 21.3. The van der Waals surface area contributed by atoms with Gasteiger partial charge in [0.2, 0.25) is 0 Å². The SMILES string of the molecule is CN1CC(Oc2ccccc2)NCC(Oc2ccccc2)[N-]CC1Oc1ccccc1.[Cl-].[Cl-].[Ti+3]. The van der Waals surface area contributed by atoms with E-state index in [1.807, 2.05) is 98.0 Å². The minimum atomic E-state index is -0.363. The van der Waals surface area contributed by atoms with Crippen molar-refractivity contribution in [2.24, 2.45) is 0 Å². The first-order valence-corrected chi connectivity index (χ1v) is 10.5. The van der Waals surface area contributed by atoms with Gasteiger partial charge in [-0.15, -0.1) is 0 Å². The summed E-state index contributed by atoms with van der Waals surface area (Å²) in [4.78, 5) is 2.11. The third kappa shape index (κ3) is 9.47. The van der Waals surface area contributed by atoms with Crippen LogP contribution in [0.1, 0.15) is 0 Å². The fourth-order valence-electron chi connectivity index (χ4n) is 3.35. The molecule has 0 spiro atoms. The molecule has 3 aromatic rings. The number of halogens is 2. The number of nitrogens with zero attached hydrogens (tertiary/aromatic N) is 2. The van der Waals surface area contributed by atoms with Crippen LogP contribution < -0.4 is 44.3 Å². The van der Waals surface area contributed by atoms with Crippen LogP contribution in [0.2, 0.25) is 0 Å². The summed E-state index contributed by atoms with van der Waals surface area (Å²) in [6.07, 6.45) is -0.854. The van der Waals surface area contributed by atoms with Gasteiger partial charge in [-0.2, -0.15) is 0 Å². The summed E-state index contributed by atoms with van der Waals surface area (Å²) in [5.41, 5.74) is 0. The van der Waals surface area contributed by atoms with Crippen molar-refractivity contribution in [3.8, 4) is 17.2 Å². The van der Waals surface area contributed by atoms with Gasteiger partial charge in [-0.05, 0) is 43.4 Å². The summed E-state index contributed by atoms with van der Waals surface area (Å²) >= 11 is 0. The molecule has 9 heteroatoms. The van der Waals surface area contributed by atoms with Gasteiger partial charge in [-0.3, -0.25) is 10.2 Å². The van der Waals surface area contributed by atoms with Gasteiger partial charge in [0.05, 0.1) is 6.54 Å². The number of hydrogen-bond donors (Lipinski definition) is 1. The first-order chi connectivity index (χ1) is 15.3. The smallest absolute Gasteiger partial charge is 1.00 e. The van der Waals surface area contributed by atoms with E-state index in [-0.39, 0.29) is 65.2 Å². The Morgan fingerprint density at radius 2 is 1.21 bits per heavy atom. The van der Waals surface area contributed by atoms with E-state index in [0.717, 1.165) is 17.2 Å². The standard InChI is InChI=1S/C25H28N3O3.2ClH.Ti/c1-28-19-24(30-21-13-7-3-8-14-21)26-17-23(29-20-11-5-2-6-12-20)27-18-25(28)31-22-15-9-4-10-16-22;;;/h2-16,23-26H,17-19H2,1H3;2*1H;/q-1;;;+3/p-2. The fraction of sp³-hybridized carbons (Fsp3) is 0.280. The van der Waals surface area contributed by atoms with Crippen LogP contribution in [0.4, 0.5) is 0 Å². The summed E-state index contributed by atoms with van der Waals surface area (Å²) in [5, 5.41) is 8.26. The first kappa shape index (κ1) is 30.3. The maximum Gasteiger partial charge on any atom is 3.00 e. The number of likely N-dealkylation sites (N-methyl/N-ethyl adjacent to an activating group) is 1. The average Bonchev–Trinajstić information content (AvgIpc) is 2.87. The predicted molar refractivity (Wildman–Crippen MR) is 121 cm³/mol. The molecule has 0 amide bonds. The van der Waals surface area contributed by atoms with Crippen LogP contribution in [0.3, 0.4) is 0 Å². The Morgan fingerprint density at radius 1 is 0.735 bits per heavy atom. The van der Waals surface area contributed by atoms with E-state index in [1.165, 1.54) is 0 Å². The number of rotatable bonds is 6. The summed E-state index contributed by atoms with van der Waals surface area (Å²) in [5.74, 6) is 2.40. The Labute approximate surface area is 229 Å². The minimum absolute atomic E-state index is 0. The molecule has 6 nitrogen and oxygen atoms in total. The molecule has 0 bridgehead atoms. The van der Waals surface area contributed by atoms with Gasteiger partial charge in [0, 0.05) is 12.8 Å². The molecule has 1 radical (unpaired) electrons.